The molecule has 124 valence electrons. The number of methoxy groups -OCH3 is 1. The van der Waals surface area contributed by atoms with Crippen LogP contribution in [-0.2, 0) is 11.3 Å². The van der Waals surface area contributed by atoms with Crippen LogP contribution >= 0.6 is 0 Å². The van der Waals surface area contributed by atoms with Crippen molar-refractivity contribution < 1.29 is 9.53 Å². The lowest BCUT2D eigenvalue weighted by molar-refractivity contribution is -0.118. The summed E-state index contributed by atoms with van der Waals surface area (Å²) >= 11 is 0. The summed E-state index contributed by atoms with van der Waals surface area (Å²) in [7, 11) is 1.67. The second-order valence-electron chi connectivity index (χ2n) is 7.28. The highest BCUT2D eigenvalue weighted by Crippen LogP contribution is 2.37. The number of hydrogen-bond donors (Lipinski definition) is 2. The van der Waals surface area contributed by atoms with E-state index < -0.39 is 0 Å². The lowest BCUT2D eigenvalue weighted by Gasteiger charge is -2.31. The van der Waals surface area contributed by atoms with Gasteiger partial charge < -0.3 is 15.4 Å². The molecule has 0 fully saturated rings. The molecule has 1 aromatic carbocycles. The minimum absolute atomic E-state index is 0.0327. The van der Waals surface area contributed by atoms with Crippen LogP contribution in [0.3, 0.4) is 0 Å². The van der Waals surface area contributed by atoms with E-state index in [1.54, 1.807) is 7.11 Å². The molecule has 0 radical (unpaired) electrons. The lowest BCUT2D eigenvalue weighted by atomic mass is 9.84. The quantitative estimate of drug-likeness (QED) is 0.901. The van der Waals surface area contributed by atoms with E-state index in [4.69, 9.17) is 4.74 Å². The second kappa shape index (κ2) is 5.96. The van der Waals surface area contributed by atoms with Gasteiger partial charge in [0.1, 0.15) is 5.75 Å². The standard InChI is InChI=1S/C18H25N3O2/c1-18(2,3)20-10-11-8-13-15(14(9-11)23-4)16-12(17(22)21-13)6-5-7-19-16/h8-9,12,20H,5-7,10H2,1-4H3,(H,21,22). The predicted molar refractivity (Wildman–Crippen MR) is 92.3 cm³/mol. The molecule has 2 heterocycles. The zero-order chi connectivity index (χ0) is 16.6. The monoisotopic (exact) mass is 315 g/mol. The molecule has 0 saturated carbocycles. The molecule has 0 aromatic heterocycles. The van der Waals surface area contributed by atoms with Crippen molar-refractivity contribution in [2.45, 2.75) is 45.7 Å². The van der Waals surface area contributed by atoms with E-state index in [1.807, 2.05) is 12.1 Å². The fourth-order valence-electron chi connectivity index (χ4n) is 3.14. The normalized spacial score (nSPS) is 20.3. The van der Waals surface area contributed by atoms with Gasteiger partial charge >= 0.3 is 0 Å². The van der Waals surface area contributed by atoms with Gasteiger partial charge in [-0.15, -0.1) is 0 Å². The Morgan fingerprint density at radius 1 is 1.39 bits per heavy atom. The Bertz CT molecular complexity index is 659. The Morgan fingerprint density at radius 2 is 2.17 bits per heavy atom. The number of hydrogen-bond acceptors (Lipinski definition) is 4. The van der Waals surface area contributed by atoms with Gasteiger partial charge in [-0.1, -0.05) is 0 Å². The summed E-state index contributed by atoms with van der Waals surface area (Å²) < 4.78 is 5.61. The van der Waals surface area contributed by atoms with Crippen LogP contribution in [0, 0.1) is 5.92 Å². The molecule has 2 aliphatic rings. The fourth-order valence-corrected chi connectivity index (χ4v) is 3.14. The highest BCUT2D eigenvalue weighted by atomic mass is 16.5. The maximum atomic E-state index is 12.4. The van der Waals surface area contributed by atoms with Gasteiger partial charge in [0.15, 0.2) is 0 Å². The largest absolute Gasteiger partial charge is 0.496 e. The van der Waals surface area contributed by atoms with E-state index in [0.717, 1.165) is 54.2 Å². The Kier molecular flexibility index (Phi) is 4.15. The third-order valence-electron chi connectivity index (χ3n) is 4.30. The summed E-state index contributed by atoms with van der Waals surface area (Å²) in [4.78, 5) is 17.0. The Hall–Kier alpha value is -1.88. The van der Waals surface area contributed by atoms with E-state index in [2.05, 4.69) is 36.4 Å². The molecule has 5 nitrogen and oxygen atoms in total. The zero-order valence-corrected chi connectivity index (χ0v) is 14.3. The van der Waals surface area contributed by atoms with Crippen molar-refractivity contribution in [3.05, 3.63) is 23.3 Å². The van der Waals surface area contributed by atoms with Gasteiger partial charge in [0, 0.05) is 18.6 Å². The van der Waals surface area contributed by atoms with Crippen LogP contribution in [0.1, 0.15) is 44.7 Å². The summed E-state index contributed by atoms with van der Waals surface area (Å²) in [6.45, 7) is 7.90. The molecule has 1 atom stereocenters. The van der Waals surface area contributed by atoms with E-state index in [9.17, 15) is 4.79 Å². The smallest absolute Gasteiger partial charge is 0.233 e. The third-order valence-corrected chi connectivity index (χ3v) is 4.30. The molecule has 2 N–H and O–H groups in total. The first-order valence-corrected chi connectivity index (χ1v) is 8.20. The summed E-state index contributed by atoms with van der Waals surface area (Å²) in [5.74, 6) is 0.710. The first-order valence-electron chi connectivity index (χ1n) is 8.20. The minimum Gasteiger partial charge on any atom is -0.496 e. The van der Waals surface area contributed by atoms with Crippen LogP contribution in [-0.4, -0.2) is 30.8 Å². The van der Waals surface area contributed by atoms with Crippen molar-refractivity contribution >= 4 is 17.3 Å². The van der Waals surface area contributed by atoms with Gasteiger partial charge in [0.2, 0.25) is 5.91 Å². The predicted octanol–water partition coefficient (Wildman–Crippen LogP) is 2.73. The molecule has 5 heteroatoms. The molecule has 0 spiro atoms. The SMILES string of the molecule is COc1cc(CNC(C)(C)C)cc2c1C1=NCCCC1C(=O)N2. The van der Waals surface area contributed by atoms with Gasteiger partial charge in [-0.25, -0.2) is 0 Å². The average Bonchev–Trinajstić information content (AvgIpc) is 2.51. The van der Waals surface area contributed by atoms with Crippen molar-refractivity contribution in [1.82, 2.24) is 5.32 Å². The molecule has 1 aromatic rings. The maximum Gasteiger partial charge on any atom is 0.233 e. The average molecular weight is 315 g/mol. The third kappa shape index (κ3) is 3.24. The number of nitrogens with zero attached hydrogens (tertiary/aromatic N) is 1. The number of aliphatic imine (C=N–C) groups is 1. The molecular weight excluding hydrogens is 290 g/mol. The Labute approximate surface area is 137 Å². The molecule has 0 aliphatic carbocycles. The Balaban J connectivity index is 2.00. The molecule has 3 rings (SSSR count). The van der Waals surface area contributed by atoms with E-state index in [1.165, 1.54) is 0 Å². The van der Waals surface area contributed by atoms with Crippen LogP contribution in [0.25, 0.3) is 0 Å². The number of benzene rings is 1. The van der Waals surface area contributed by atoms with Gasteiger partial charge in [-0.05, 0) is 51.3 Å². The summed E-state index contributed by atoms with van der Waals surface area (Å²) in [6, 6.07) is 4.07. The number of anilines is 1. The van der Waals surface area contributed by atoms with E-state index in [-0.39, 0.29) is 17.4 Å². The second-order valence-corrected chi connectivity index (χ2v) is 7.28. The lowest BCUT2D eigenvalue weighted by Crippen LogP contribution is -2.38. The number of carbonyl (C=O) groups is 1. The van der Waals surface area contributed by atoms with Crippen LogP contribution in [0.15, 0.2) is 17.1 Å². The first kappa shape index (κ1) is 16.0. The summed E-state index contributed by atoms with van der Waals surface area (Å²) in [5, 5.41) is 6.51. The fraction of sp³-hybridized carbons (Fsp3) is 0.556. The van der Waals surface area contributed by atoms with Crippen molar-refractivity contribution in [1.29, 1.82) is 0 Å². The highest BCUT2D eigenvalue weighted by Gasteiger charge is 2.35. The molecule has 1 amide bonds. The van der Waals surface area contributed by atoms with E-state index >= 15 is 0 Å². The Morgan fingerprint density at radius 3 is 2.87 bits per heavy atom. The molecule has 1 unspecified atom stereocenters. The van der Waals surface area contributed by atoms with Crippen LogP contribution in [0.5, 0.6) is 5.75 Å². The summed E-state index contributed by atoms with van der Waals surface area (Å²) in [5.41, 5.74) is 3.78. The van der Waals surface area contributed by atoms with Crippen molar-refractivity contribution in [3.8, 4) is 5.75 Å². The van der Waals surface area contributed by atoms with Gasteiger partial charge in [-0.3, -0.25) is 9.79 Å². The highest BCUT2D eigenvalue weighted by molar-refractivity contribution is 6.24. The number of fused-ring (bicyclic) bond motifs is 3. The van der Waals surface area contributed by atoms with Crippen molar-refractivity contribution in [3.63, 3.8) is 0 Å². The number of nitrogens with one attached hydrogen (secondary N) is 2. The van der Waals surface area contributed by atoms with Crippen LogP contribution < -0.4 is 15.4 Å². The van der Waals surface area contributed by atoms with Crippen molar-refractivity contribution in [2.75, 3.05) is 19.0 Å². The molecular formula is C18H25N3O2. The maximum absolute atomic E-state index is 12.4. The zero-order valence-electron chi connectivity index (χ0n) is 14.3. The first-order chi connectivity index (χ1) is 10.9. The van der Waals surface area contributed by atoms with Gasteiger partial charge in [0.25, 0.3) is 0 Å². The number of rotatable bonds is 3. The molecule has 2 aliphatic heterocycles. The molecule has 23 heavy (non-hydrogen) atoms. The molecule has 0 saturated heterocycles. The molecule has 0 bridgehead atoms. The van der Waals surface area contributed by atoms with E-state index in [0.29, 0.717) is 0 Å². The van der Waals surface area contributed by atoms with Crippen molar-refractivity contribution in [2.24, 2.45) is 10.9 Å². The van der Waals surface area contributed by atoms with Gasteiger partial charge in [0.05, 0.1) is 30.0 Å². The van der Waals surface area contributed by atoms with Gasteiger partial charge in [-0.2, -0.15) is 0 Å². The van der Waals surface area contributed by atoms with Crippen LogP contribution in [0.4, 0.5) is 5.69 Å². The van der Waals surface area contributed by atoms with Crippen LogP contribution in [0.2, 0.25) is 0 Å². The minimum atomic E-state index is -0.135. The number of carbonyl (C=O) groups excluding carboxylic acids is 1. The number of amides is 1. The topological polar surface area (TPSA) is 62.7 Å². The summed E-state index contributed by atoms with van der Waals surface area (Å²) in [6.07, 6.45) is 1.83. The number of ether oxygens (including phenoxy) is 1.